The zero-order chi connectivity index (χ0) is 24.2. The third kappa shape index (κ3) is 6.44. The van der Waals surface area contributed by atoms with Crippen molar-refractivity contribution in [3.8, 4) is 23.7 Å². The first-order valence-corrected chi connectivity index (χ1v) is 11.5. The summed E-state index contributed by atoms with van der Waals surface area (Å²) in [4.78, 5) is 11.7. The van der Waals surface area contributed by atoms with E-state index < -0.39 is 0 Å². The molecule has 1 aromatic heterocycles. The van der Waals surface area contributed by atoms with Crippen molar-refractivity contribution in [3.63, 3.8) is 0 Å². The molecule has 0 radical (unpaired) electrons. The molecule has 0 aliphatic heterocycles. The maximum Gasteiger partial charge on any atom is 0.319 e. The van der Waals surface area contributed by atoms with Crippen molar-refractivity contribution in [2.45, 2.75) is 33.7 Å². The van der Waals surface area contributed by atoms with E-state index in [1.54, 1.807) is 19.2 Å². The molecule has 0 aliphatic rings. The van der Waals surface area contributed by atoms with E-state index in [1.807, 2.05) is 44.2 Å². The number of halogens is 1. The van der Waals surface area contributed by atoms with Crippen molar-refractivity contribution in [1.29, 1.82) is 5.26 Å². The van der Waals surface area contributed by atoms with Crippen molar-refractivity contribution in [2.75, 3.05) is 24.9 Å². The van der Waals surface area contributed by atoms with Gasteiger partial charge in [0.15, 0.2) is 0 Å². The van der Waals surface area contributed by atoms with Crippen LogP contribution in [0.2, 0.25) is 0 Å². The Bertz CT molecular complexity index is 1180. The van der Waals surface area contributed by atoms with E-state index in [4.69, 9.17) is 16.3 Å². The highest BCUT2D eigenvalue weighted by Gasteiger charge is 2.16. The zero-order valence-corrected chi connectivity index (χ0v) is 20.2. The Morgan fingerprint density at radius 3 is 2.48 bits per heavy atom. The molecule has 7 heteroatoms. The molecule has 0 saturated heterocycles. The first-order valence-electron chi connectivity index (χ1n) is 10.9. The second kappa shape index (κ2) is 13.1. The fourth-order valence-electron chi connectivity index (χ4n) is 3.26. The van der Waals surface area contributed by atoms with Crippen LogP contribution in [0.1, 0.15) is 44.0 Å². The Hall–Kier alpha value is -3.61. The average molecular weight is 465 g/mol. The largest absolute Gasteiger partial charge is 0.497 e. The maximum atomic E-state index is 11.7. The molecule has 2 amide bonds. The minimum atomic E-state index is -0.308. The van der Waals surface area contributed by atoms with E-state index in [9.17, 15) is 10.1 Å². The van der Waals surface area contributed by atoms with Crippen LogP contribution >= 0.6 is 11.6 Å². The third-order valence-corrected chi connectivity index (χ3v) is 4.87. The predicted molar refractivity (Wildman–Crippen MR) is 135 cm³/mol. The summed E-state index contributed by atoms with van der Waals surface area (Å²) in [6.07, 6.45) is 0.909. The van der Waals surface area contributed by atoms with Gasteiger partial charge in [0.2, 0.25) is 0 Å². The molecule has 2 N–H and O–H groups in total. The van der Waals surface area contributed by atoms with Gasteiger partial charge in [-0.2, -0.15) is 5.26 Å². The van der Waals surface area contributed by atoms with E-state index in [-0.39, 0.29) is 6.03 Å². The average Bonchev–Trinajstić information content (AvgIpc) is 3.15. The fraction of sp³-hybridized carbons (Fsp3) is 0.308. The van der Waals surface area contributed by atoms with E-state index in [0.717, 1.165) is 35.2 Å². The van der Waals surface area contributed by atoms with Crippen molar-refractivity contribution in [2.24, 2.45) is 0 Å². The van der Waals surface area contributed by atoms with Gasteiger partial charge in [0, 0.05) is 41.7 Å². The highest BCUT2D eigenvalue weighted by Crippen LogP contribution is 2.29. The number of amides is 2. The normalized spacial score (nSPS) is 9.70. The van der Waals surface area contributed by atoms with Crippen LogP contribution in [-0.2, 0) is 6.54 Å². The second-order valence-electron chi connectivity index (χ2n) is 6.77. The summed E-state index contributed by atoms with van der Waals surface area (Å²) < 4.78 is 7.42. The second-order valence-corrected chi connectivity index (χ2v) is 7.15. The molecule has 0 saturated carbocycles. The Morgan fingerprint density at radius 1 is 1.15 bits per heavy atom. The summed E-state index contributed by atoms with van der Waals surface area (Å²) in [6.45, 7) is 7.23. The molecule has 6 nitrogen and oxygen atoms in total. The summed E-state index contributed by atoms with van der Waals surface area (Å²) in [7, 11) is 1.63. The number of methoxy groups -OCH3 is 1. The van der Waals surface area contributed by atoms with E-state index in [2.05, 4.69) is 40.0 Å². The smallest absolute Gasteiger partial charge is 0.319 e. The number of fused-ring (bicyclic) bond motifs is 1. The number of nitriles is 1. The van der Waals surface area contributed by atoms with Gasteiger partial charge in [-0.05, 0) is 48.7 Å². The fourth-order valence-corrected chi connectivity index (χ4v) is 3.35. The first kappa shape index (κ1) is 25.6. The molecule has 0 fully saturated rings. The number of benzene rings is 2. The van der Waals surface area contributed by atoms with Crippen LogP contribution in [0, 0.1) is 23.2 Å². The number of alkyl halides is 1. The summed E-state index contributed by atoms with van der Waals surface area (Å²) in [5.41, 5.74) is 3.62. The van der Waals surface area contributed by atoms with Gasteiger partial charge in [-0.25, -0.2) is 4.79 Å². The molecule has 3 aromatic rings. The summed E-state index contributed by atoms with van der Waals surface area (Å²) >= 11 is 5.56. The maximum absolute atomic E-state index is 11.7. The number of nitrogens with one attached hydrogen (secondary N) is 2. The number of hydrogen-bond donors (Lipinski definition) is 2. The van der Waals surface area contributed by atoms with Crippen LogP contribution in [0.15, 0.2) is 42.5 Å². The summed E-state index contributed by atoms with van der Waals surface area (Å²) in [5.74, 6) is 7.42. The monoisotopic (exact) mass is 464 g/mol. The minimum absolute atomic E-state index is 0.308. The molecule has 3 rings (SSSR count). The number of hydrogen-bond acceptors (Lipinski definition) is 3. The Morgan fingerprint density at radius 2 is 1.88 bits per heavy atom. The summed E-state index contributed by atoms with van der Waals surface area (Å²) in [6, 6.07) is 14.9. The standard InChI is InChI=1S/C24H23ClN4O2.C2H6/c1-3-14-29-22(21(16-26)20-10-9-19(31-2)15-23(20)29)11-6-17-4-7-18(8-5-17)28-24(30)27-13-12-25;1-2/h4-5,7-10,15H,3,12-14H2,1-2H3,(H2,27,28,30);1-2H3. The molecule has 1 heterocycles. The van der Waals surface area contributed by atoms with Crippen LogP contribution in [0.4, 0.5) is 10.5 Å². The van der Waals surface area contributed by atoms with Crippen LogP contribution in [0.5, 0.6) is 5.75 Å². The van der Waals surface area contributed by atoms with Crippen molar-refractivity contribution in [3.05, 3.63) is 59.3 Å². The SMILES string of the molecule is CC.CCCn1c(C#Cc2ccc(NC(=O)NCCCl)cc2)c(C#N)c2ccc(OC)cc21. The van der Waals surface area contributed by atoms with Crippen molar-refractivity contribution >= 4 is 34.2 Å². The van der Waals surface area contributed by atoms with E-state index >= 15 is 0 Å². The molecule has 0 spiro atoms. The van der Waals surface area contributed by atoms with Crippen LogP contribution in [0.25, 0.3) is 10.9 Å². The van der Waals surface area contributed by atoms with Gasteiger partial charge < -0.3 is 19.9 Å². The van der Waals surface area contributed by atoms with Crippen LogP contribution in [-0.4, -0.2) is 30.1 Å². The Kier molecular flexibility index (Phi) is 10.1. The van der Waals surface area contributed by atoms with Crippen molar-refractivity contribution in [1.82, 2.24) is 9.88 Å². The van der Waals surface area contributed by atoms with Gasteiger partial charge >= 0.3 is 6.03 Å². The number of carbonyl (C=O) groups is 1. The molecule has 0 unspecified atom stereocenters. The molecule has 172 valence electrons. The first-order chi connectivity index (χ1) is 16.1. The quantitative estimate of drug-likeness (QED) is 0.361. The number of rotatable bonds is 6. The minimum Gasteiger partial charge on any atom is -0.497 e. The van der Waals surface area contributed by atoms with E-state index in [1.165, 1.54) is 0 Å². The number of ether oxygens (including phenoxy) is 1. The zero-order valence-electron chi connectivity index (χ0n) is 19.5. The number of urea groups is 1. The molecular weight excluding hydrogens is 436 g/mol. The van der Waals surface area contributed by atoms with Gasteiger partial charge in [0.1, 0.15) is 17.5 Å². The number of nitrogens with zero attached hydrogens (tertiary/aromatic N) is 2. The summed E-state index contributed by atoms with van der Waals surface area (Å²) in [5, 5.41) is 16.0. The highest BCUT2D eigenvalue weighted by atomic mass is 35.5. The topological polar surface area (TPSA) is 79.1 Å². The lowest BCUT2D eigenvalue weighted by molar-refractivity contribution is 0.252. The predicted octanol–water partition coefficient (Wildman–Crippen LogP) is 5.72. The highest BCUT2D eigenvalue weighted by molar-refractivity contribution is 6.18. The van der Waals surface area contributed by atoms with Crippen molar-refractivity contribution < 1.29 is 9.53 Å². The molecule has 0 atom stereocenters. The van der Waals surface area contributed by atoms with Gasteiger partial charge in [-0.1, -0.05) is 26.7 Å². The number of aryl methyl sites for hydroxylation is 1. The molecule has 33 heavy (non-hydrogen) atoms. The number of carbonyl (C=O) groups excluding carboxylic acids is 1. The van der Waals surface area contributed by atoms with E-state index in [0.29, 0.717) is 29.4 Å². The van der Waals surface area contributed by atoms with Gasteiger partial charge in [-0.15, -0.1) is 11.6 Å². The van der Waals surface area contributed by atoms with Gasteiger partial charge in [0.25, 0.3) is 0 Å². The lowest BCUT2D eigenvalue weighted by Gasteiger charge is -2.07. The third-order valence-electron chi connectivity index (χ3n) is 4.68. The lowest BCUT2D eigenvalue weighted by atomic mass is 10.1. The Balaban J connectivity index is 0.00000187. The van der Waals surface area contributed by atoms with Gasteiger partial charge in [-0.3, -0.25) is 0 Å². The molecule has 0 bridgehead atoms. The lowest BCUT2D eigenvalue weighted by Crippen LogP contribution is -2.30. The number of anilines is 1. The molecule has 0 aliphatic carbocycles. The Labute approximate surface area is 200 Å². The van der Waals surface area contributed by atoms with Crippen LogP contribution in [0.3, 0.4) is 0 Å². The number of aromatic nitrogens is 1. The molecule has 2 aromatic carbocycles. The molecular formula is C26H29ClN4O2. The van der Waals surface area contributed by atoms with Crippen LogP contribution < -0.4 is 15.4 Å². The van der Waals surface area contributed by atoms with Gasteiger partial charge in [0.05, 0.1) is 18.2 Å².